The summed E-state index contributed by atoms with van der Waals surface area (Å²) in [7, 11) is 0. The number of benzene rings is 1. The average molecular weight is 177 g/mol. The fourth-order valence-electron chi connectivity index (χ4n) is 1.39. The highest BCUT2D eigenvalue weighted by Gasteiger charge is 2.10. The second-order valence-corrected chi connectivity index (χ2v) is 3.79. The van der Waals surface area contributed by atoms with E-state index >= 15 is 0 Å². The maximum Gasteiger partial charge on any atom is 0.0570 e. The van der Waals surface area contributed by atoms with Crippen molar-refractivity contribution in [2.24, 2.45) is 4.40 Å². The fourth-order valence-corrected chi connectivity index (χ4v) is 2.11. The van der Waals surface area contributed by atoms with Crippen LogP contribution < -0.4 is 0 Å². The van der Waals surface area contributed by atoms with Gasteiger partial charge in [0.25, 0.3) is 0 Å². The summed E-state index contributed by atoms with van der Waals surface area (Å²) in [5.41, 5.74) is 3.92. The molecule has 1 aromatic carbocycles. The van der Waals surface area contributed by atoms with Crippen molar-refractivity contribution < 1.29 is 0 Å². The SMILES string of the molecule is Cc1ccccc1C1=NSCC1. The van der Waals surface area contributed by atoms with E-state index in [-0.39, 0.29) is 0 Å². The first-order valence-electron chi connectivity index (χ1n) is 4.13. The van der Waals surface area contributed by atoms with Crippen LogP contribution in [0.2, 0.25) is 0 Å². The van der Waals surface area contributed by atoms with Crippen molar-refractivity contribution in [2.45, 2.75) is 13.3 Å². The van der Waals surface area contributed by atoms with Gasteiger partial charge in [-0.25, -0.2) is 4.40 Å². The summed E-state index contributed by atoms with van der Waals surface area (Å²) >= 11 is 1.67. The van der Waals surface area contributed by atoms with E-state index in [0.717, 1.165) is 12.2 Å². The third kappa shape index (κ3) is 1.39. The van der Waals surface area contributed by atoms with E-state index in [4.69, 9.17) is 0 Å². The maximum absolute atomic E-state index is 4.40. The number of aryl methyl sites for hydroxylation is 1. The van der Waals surface area contributed by atoms with Crippen LogP contribution in [0.15, 0.2) is 28.7 Å². The normalized spacial score (nSPS) is 16.2. The summed E-state index contributed by atoms with van der Waals surface area (Å²) in [6, 6.07) is 8.44. The van der Waals surface area contributed by atoms with Crippen LogP contribution in [0.5, 0.6) is 0 Å². The molecule has 1 aliphatic rings. The molecule has 0 fully saturated rings. The number of hydrogen-bond acceptors (Lipinski definition) is 2. The zero-order chi connectivity index (χ0) is 8.39. The monoisotopic (exact) mass is 177 g/mol. The van der Waals surface area contributed by atoms with E-state index in [1.807, 2.05) is 0 Å². The lowest BCUT2D eigenvalue weighted by atomic mass is 10.0. The molecular weight excluding hydrogens is 166 g/mol. The lowest BCUT2D eigenvalue weighted by Crippen LogP contribution is -1.99. The molecule has 1 aliphatic heterocycles. The second kappa shape index (κ2) is 3.31. The van der Waals surface area contributed by atoms with Gasteiger partial charge in [-0.1, -0.05) is 24.3 Å². The molecule has 0 spiro atoms. The smallest absolute Gasteiger partial charge is 0.0570 e. The summed E-state index contributed by atoms with van der Waals surface area (Å²) in [6.45, 7) is 2.14. The van der Waals surface area contributed by atoms with Gasteiger partial charge >= 0.3 is 0 Å². The van der Waals surface area contributed by atoms with Crippen molar-refractivity contribution in [1.82, 2.24) is 0 Å². The van der Waals surface area contributed by atoms with Gasteiger partial charge in [0, 0.05) is 12.2 Å². The van der Waals surface area contributed by atoms with Gasteiger partial charge in [0.05, 0.1) is 5.71 Å². The molecule has 0 saturated heterocycles. The lowest BCUT2D eigenvalue weighted by molar-refractivity contribution is 1.32. The van der Waals surface area contributed by atoms with E-state index in [1.165, 1.54) is 16.8 Å². The minimum absolute atomic E-state index is 1.12. The Balaban J connectivity index is 2.39. The lowest BCUT2D eigenvalue weighted by Gasteiger charge is -2.02. The third-order valence-electron chi connectivity index (χ3n) is 2.06. The zero-order valence-electron chi connectivity index (χ0n) is 7.08. The van der Waals surface area contributed by atoms with Gasteiger partial charge in [0.1, 0.15) is 0 Å². The molecule has 0 amide bonds. The molecule has 0 radical (unpaired) electrons. The van der Waals surface area contributed by atoms with E-state index < -0.39 is 0 Å². The molecule has 0 aromatic heterocycles. The highest BCUT2D eigenvalue weighted by atomic mass is 32.2. The molecule has 0 bridgehead atoms. The maximum atomic E-state index is 4.40. The Hall–Kier alpha value is -0.760. The zero-order valence-corrected chi connectivity index (χ0v) is 7.90. The molecular formula is C10H11NS. The van der Waals surface area contributed by atoms with Crippen molar-refractivity contribution in [2.75, 3.05) is 5.75 Å². The predicted octanol–water partition coefficient (Wildman–Crippen LogP) is 2.84. The van der Waals surface area contributed by atoms with Crippen molar-refractivity contribution in [3.05, 3.63) is 35.4 Å². The average Bonchev–Trinajstić information content (AvgIpc) is 2.57. The first kappa shape index (κ1) is 7.87. The first-order chi connectivity index (χ1) is 5.88. The molecule has 2 rings (SSSR count). The topological polar surface area (TPSA) is 12.4 Å². The van der Waals surface area contributed by atoms with Crippen LogP contribution in [0.3, 0.4) is 0 Å². The van der Waals surface area contributed by atoms with Gasteiger partial charge in [-0.3, -0.25) is 0 Å². The van der Waals surface area contributed by atoms with Gasteiger partial charge in [-0.05, 0) is 30.0 Å². The number of hydrogen-bond donors (Lipinski definition) is 0. The highest BCUT2D eigenvalue weighted by molar-refractivity contribution is 7.98. The number of rotatable bonds is 1. The summed E-state index contributed by atoms with van der Waals surface area (Å²) in [5, 5.41) is 0. The van der Waals surface area contributed by atoms with E-state index in [0.29, 0.717) is 0 Å². The molecule has 62 valence electrons. The predicted molar refractivity (Wildman–Crippen MR) is 54.8 cm³/mol. The van der Waals surface area contributed by atoms with E-state index in [1.54, 1.807) is 11.9 Å². The van der Waals surface area contributed by atoms with Gasteiger partial charge in [-0.15, -0.1) is 0 Å². The molecule has 0 atom stereocenters. The molecule has 1 nitrogen and oxygen atoms in total. The van der Waals surface area contributed by atoms with Crippen LogP contribution in [0, 0.1) is 6.92 Å². The minimum Gasteiger partial charge on any atom is -0.221 e. The third-order valence-corrected chi connectivity index (χ3v) is 2.80. The van der Waals surface area contributed by atoms with Crippen LogP contribution in [0.25, 0.3) is 0 Å². The molecule has 0 saturated carbocycles. The Morgan fingerprint density at radius 2 is 2.17 bits per heavy atom. The van der Waals surface area contributed by atoms with Gasteiger partial charge < -0.3 is 0 Å². The summed E-state index contributed by atoms with van der Waals surface area (Å²) in [5.74, 6) is 1.14. The van der Waals surface area contributed by atoms with Crippen LogP contribution in [-0.2, 0) is 0 Å². The molecule has 12 heavy (non-hydrogen) atoms. The summed E-state index contributed by atoms with van der Waals surface area (Å²) in [6.07, 6.45) is 1.12. The van der Waals surface area contributed by atoms with Crippen LogP contribution in [-0.4, -0.2) is 11.5 Å². The molecule has 2 heteroatoms. The van der Waals surface area contributed by atoms with Gasteiger partial charge in [-0.2, -0.15) is 0 Å². The summed E-state index contributed by atoms with van der Waals surface area (Å²) in [4.78, 5) is 0. The fraction of sp³-hybridized carbons (Fsp3) is 0.300. The van der Waals surface area contributed by atoms with Crippen molar-refractivity contribution in [3.8, 4) is 0 Å². The van der Waals surface area contributed by atoms with E-state index in [9.17, 15) is 0 Å². The van der Waals surface area contributed by atoms with Gasteiger partial charge in [0.15, 0.2) is 0 Å². The van der Waals surface area contributed by atoms with Crippen LogP contribution in [0.1, 0.15) is 17.5 Å². The van der Waals surface area contributed by atoms with E-state index in [2.05, 4.69) is 35.6 Å². The molecule has 1 aromatic rings. The Labute approximate surface area is 77.0 Å². The van der Waals surface area contributed by atoms with Crippen LogP contribution >= 0.6 is 11.9 Å². The standard InChI is InChI=1S/C10H11NS/c1-8-4-2-3-5-9(8)10-6-7-12-11-10/h2-5H,6-7H2,1H3. The van der Waals surface area contributed by atoms with Gasteiger partial charge in [0.2, 0.25) is 0 Å². The Morgan fingerprint density at radius 1 is 1.33 bits per heavy atom. The number of nitrogens with zero attached hydrogens (tertiary/aromatic N) is 1. The molecule has 0 N–H and O–H groups in total. The second-order valence-electron chi connectivity index (χ2n) is 2.94. The van der Waals surface area contributed by atoms with Crippen LogP contribution in [0.4, 0.5) is 0 Å². The first-order valence-corrected chi connectivity index (χ1v) is 5.07. The summed E-state index contributed by atoms with van der Waals surface area (Å²) < 4.78 is 4.40. The molecule has 1 heterocycles. The minimum atomic E-state index is 1.12. The highest BCUT2D eigenvalue weighted by Crippen LogP contribution is 2.21. The Kier molecular flexibility index (Phi) is 2.17. The van der Waals surface area contributed by atoms with Crippen molar-refractivity contribution >= 4 is 17.7 Å². The largest absolute Gasteiger partial charge is 0.221 e. The Bertz CT molecular complexity index is 317. The molecule has 0 unspecified atom stereocenters. The quantitative estimate of drug-likeness (QED) is 0.601. The Morgan fingerprint density at radius 3 is 2.83 bits per heavy atom. The molecule has 0 aliphatic carbocycles. The van der Waals surface area contributed by atoms with Crippen molar-refractivity contribution in [3.63, 3.8) is 0 Å². The van der Waals surface area contributed by atoms with Crippen molar-refractivity contribution in [1.29, 1.82) is 0 Å².